The molecule has 70 valence electrons. The third-order valence-corrected chi connectivity index (χ3v) is 1.52. The van der Waals surface area contributed by atoms with Gasteiger partial charge >= 0.3 is 5.97 Å². The van der Waals surface area contributed by atoms with E-state index in [0.29, 0.717) is 0 Å². The van der Waals surface area contributed by atoms with Crippen LogP contribution in [0.3, 0.4) is 0 Å². The van der Waals surface area contributed by atoms with Gasteiger partial charge in [0.25, 0.3) is 0 Å². The van der Waals surface area contributed by atoms with Crippen molar-refractivity contribution in [3.63, 3.8) is 0 Å². The number of carbonyl (C=O) groups is 1. The number of hydrogen-bond donors (Lipinski definition) is 2. The summed E-state index contributed by atoms with van der Waals surface area (Å²) in [6.45, 7) is 0.217. The summed E-state index contributed by atoms with van der Waals surface area (Å²) in [6.07, 6.45) is -1.25. The molecule has 13 heavy (non-hydrogen) atoms. The number of rotatable bonds is 4. The van der Waals surface area contributed by atoms with Crippen molar-refractivity contribution in [2.24, 2.45) is 5.73 Å². The van der Waals surface area contributed by atoms with E-state index in [1.54, 1.807) is 0 Å². The van der Waals surface area contributed by atoms with Crippen molar-refractivity contribution in [2.45, 2.75) is 12.8 Å². The molecule has 4 nitrogen and oxygen atoms in total. The van der Waals surface area contributed by atoms with E-state index in [1.807, 2.05) is 30.3 Å². The first-order valence-electron chi connectivity index (χ1n) is 3.84. The molecule has 0 heterocycles. The predicted molar refractivity (Wildman–Crippen MR) is 46.8 cm³/mol. The molecule has 1 aromatic rings. The van der Waals surface area contributed by atoms with Gasteiger partial charge < -0.3 is 9.84 Å². The molecule has 1 aromatic carbocycles. The Kier molecular flexibility index (Phi) is 3.42. The van der Waals surface area contributed by atoms with Gasteiger partial charge in [-0.25, -0.2) is 4.79 Å². The lowest BCUT2D eigenvalue weighted by Crippen LogP contribution is -2.32. The van der Waals surface area contributed by atoms with E-state index in [9.17, 15) is 4.79 Å². The second-order valence-electron chi connectivity index (χ2n) is 2.56. The van der Waals surface area contributed by atoms with Crippen molar-refractivity contribution in [1.82, 2.24) is 0 Å². The highest BCUT2D eigenvalue weighted by Crippen LogP contribution is 2.01. The Balaban J connectivity index is 2.39. The summed E-state index contributed by atoms with van der Waals surface area (Å²) in [5.41, 5.74) is 6.04. The summed E-state index contributed by atoms with van der Waals surface area (Å²) in [4.78, 5) is 10.3. The van der Waals surface area contributed by atoms with Crippen molar-refractivity contribution in [3.8, 4) is 0 Å². The van der Waals surface area contributed by atoms with Crippen LogP contribution in [-0.4, -0.2) is 17.3 Å². The minimum absolute atomic E-state index is 0.217. The predicted octanol–water partition coefficient (Wildman–Crippen LogP) is 0.573. The average Bonchev–Trinajstić information content (AvgIpc) is 2.15. The number of aliphatic carboxylic acids is 1. The smallest absolute Gasteiger partial charge is 0.347 e. The minimum Gasteiger partial charge on any atom is -0.478 e. The number of ether oxygens (including phenoxy) is 1. The van der Waals surface area contributed by atoms with Crippen LogP contribution in [0.15, 0.2) is 30.3 Å². The number of carboxylic acids is 1. The minimum atomic E-state index is -1.25. The average molecular weight is 181 g/mol. The standard InChI is InChI=1S/C9H11NO3/c10-8(9(11)12)13-6-7-4-2-1-3-5-7/h1-5,8H,6,10H2,(H,11,12)/t8-/m1/s1. The quantitative estimate of drug-likeness (QED) is 0.666. The molecule has 0 aromatic heterocycles. The molecule has 0 saturated carbocycles. The second-order valence-corrected chi connectivity index (χ2v) is 2.56. The maximum Gasteiger partial charge on any atom is 0.347 e. The molecular weight excluding hydrogens is 170 g/mol. The summed E-state index contributed by atoms with van der Waals surface area (Å²) >= 11 is 0. The van der Waals surface area contributed by atoms with Crippen LogP contribution in [0.4, 0.5) is 0 Å². The van der Waals surface area contributed by atoms with Gasteiger partial charge in [0.15, 0.2) is 0 Å². The largest absolute Gasteiger partial charge is 0.478 e. The van der Waals surface area contributed by atoms with E-state index in [1.165, 1.54) is 0 Å². The molecule has 1 atom stereocenters. The third kappa shape index (κ3) is 3.23. The van der Waals surface area contributed by atoms with Crippen LogP contribution in [0, 0.1) is 0 Å². The molecule has 0 unspecified atom stereocenters. The molecular formula is C9H11NO3. The Labute approximate surface area is 75.9 Å². The summed E-state index contributed by atoms with van der Waals surface area (Å²) in [5.74, 6) is -1.16. The van der Waals surface area contributed by atoms with Gasteiger partial charge in [-0.15, -0.1) is 0 Å². The lowest BCUT2D eigenvalue weighted by molar-refractivity contribution is -0.150. The summed E-state index contributed by atoms with van der Waals surface area (Å²) < 4.78 is 4.87. The first-order chi connectivity index (χ1) is 6.20. The molecule has 0 bridgehead atoms. The van der Waals surface area contributed by atoms with E-state index in [0.717, 1.165) is 5.56 Å². The molecule has 0 aliphatic rings. The number of hydrogen-bond acceptors (Lipinski definition) is 3. The lowest BCUT2D eigenvalue weighted by atomic mass is 10.2. The zero-order valence-electron chi connectivity index (χ0n) is 7.01. The van der Waals surface area contributed by atoms with Crippen LogP contribution >= 0.6 is 0 Å². The number of benzene rings is 1. The fraction of sp³-hybridized carbons (Fsp3) is 0.222. The zero-order valence-corrected chi connectivity index (χ0v) is 7.01. The maximum absolute atomic E-state index is 10.3. The topological polar surface area (TPSA) is 72.5 Å². The first-order valence-corrected chi connectivity index (χ1v) is 3.84. The SMILES string of the molecule is N[C@H](OCc1ccccc1)C(=O)O. The van der Waals surface area contributed by atoms with Gasteiger partial charge in [0.2, 0.25) is 6.23 Å². The molecule has 0 saturated heterocycles. The molecule has 0 fully saturated rings. The first kappa shape index (κ1) is 9.70. The Morgan fingerprint density at radius 3 is 2.62 bits per heavy atom. The number of nitrogens with two attached hydrogens (primary N) is 1. The van der Waals surface area contributed by atoms with Gasteiger partial charge in [-0.2, -0.15) is 0 Å². The van der Waals surface area contributed by atoms with Crippen molar-refractivity contribution in [1.29, 1.82) is 0 Å². The van der Waals surface area contributed by atoms with Gasteiger partial charge in [0, 0.05) is 0 Å². The van der Waals surface area contributed by atoms with Gasteiger partial charge in [0.1, 0.15) is 0 Å². The van der Waals surface area contributed by atoms with Crippen molar-refractivity contribution >= 4 is 5.97 Å². The van der Waals surface area contributed by atoms with Crippen molar-refractivity contribution < 1.29 is 14.6 Å². The van der Waals surface area contributed by atoms with Crippen LogP contribution in [-0.2, 0) is 16.1 Å². The highest BCUT2D eigenvalue weighted by molar-refractivity contribution is 5.71. The number of carboxylic acid groups (broad SMARTS) is 1. The van der Waals surface area contributed by atoms with Gasteiger partial charge in [-0.3, -0.25) is 5.73 Å². The highest BCUT2D eigenvalue weighted by Gasteiger charge is 2.10. The Hall–Kier alpha value is -1.39. The maximum atomic E-state index is 10.3. The fourth-order valence-electron chi connectivity index (χ4n) is 0.832. The fourth-order valence-corrected chi connectivity index (χ4v) is 0.832. The van der Waals surface area contributed by atoms with E-state index in [2.05, 4.69) is 0 Å². The van der Waals surface area contributed by atoms with Crippen LogP contribution in [0.2, 0.25) is 0 Å². The zero-order chi connectivity index (χ0) is 9.68. The summed E-state index contributed by atoms with van der Waals surface area (Å²) in [7, 11) is 0. The van der Waals surface area contributed by atoms with Crippen LogP contribution in [0.25, 0.3) is 0 Å². The van der Waals surface area contributed by atoms with E-state index in [-0.39, 0.29) is 6.61 Å². The van der Waals surface area contributed by atoms with E-state index >= 15 is 0 Å². The van der Waals surface area contributed by atoms with Crippen molar-refractivity contribution in [3.05, 3.63) is 35.9 Å². The van der Waals surface area contributed by atoms with Crippen molar-refractivity contribution in [2.75, 3.05) is 0 Å². The molecule has 0 aliphatic heterocycles. The molecule has 0 spiro atoms. The molecule has 3 N–H and O–H groups in total. The van der Waals surface area contributed by atoms with Crippen LogP contribution in [0.5, 0.6) is 0 Å². The summed E-state index contributed by atoms with van der Waals surface area (Å²) in [6, 6.07) is 9.26. The molecule has 4 heteroatoms. The molecule has 0 aliphatic carbocycles. The Bertz CT molecular complexity index is 273. The molecule has 0 amide bonds. The van der Waals surface area contributed by atoms with Gasteiger partial charge in [-0.05, 0) is 5.56 Å². The van der Waals surface area contributed by atoms with Gasteiger partial charge in [-0.1, -0.05) is 30.3 Å². The van der Waals surface area contributed by atoms with E-state index < -0.39 is 12.2 Å². The second kappa shape index (κ2) is 4.59. The van der Waals surface area contributed by atoms with Crippen LogP contribution in [0.1, 0.15) is 5.56 Å². The Morgan fingerprint density at radius 2 is 2.08 bits per heavy atom. The lowest BCUT2D eigenvalue weighted by Gasteiger charge is -2.07. The summed E-state index contributed by atoms with van der Waals surface area (Å²) in [5, 5.41) is 8.41. The Morgan fingerprint density at radius 1 is 1.46 bits per heavy atom. The van der Waals surface area contributed by atoms with Gasteiger partial charge in [0.05, 0.1) is 6.61 Å². The monoisotopic (exact) mass is 181 g/mol. The normalized spacial score (nSPS) is 12.4. The highest BCUT2D eigenvalue weighted by atomic mass is 16.5. The molecule has 1 rings (SSSR count). The van der Waals surface area contributed by atoms with Crippen LogP contribution < -0.4 is 5.73 Å². The third-order valence-electron chi connectivity index (χ3n) is 1.52. The van der Waals surface area contributed by atoms with E-state index in [4.69, 9.17) is 15.6 Å². The molecule has 0 radical (unpaired) electrons.